The Balaban J connectivity index is 1.76. The zero-order valence-electron chi connectivity index (χ0n) is 13.7. The molecule has 1 aliphatic rings. The van der Waals surface area contributed by atoms with E-state index in [0.717, 1.165) is 50.9 Å². The van der Waals surface area contributed by atoms with E-state index in [0.29, 0.717) is 12.0 Å². The van der Waals surface area contributed by atoms with Crippen molar-refractivity contribution in [3.63, 3.8) is 0 Å². The van der Waals surface area contributed by atoms with Gasteiger partial charge in [0.15, 0.2) is 0 Å². The fourth-order valence-electron chi connectivity index (χ4n) is 2.84. The molecule has 0 spiro atoms. The molecule has 1 aromatic heterocycles. The molecule has 1 unspecified atom stereocenters. The van der Waals surface area contributed by atoms with E-state index in [2.05, 4.69) is 43.1 Å². The second-order valence-electron chi connectivity index (χ2n) is 6.35. The minimum absolute atomic E-state index is 0.394. The highest BCUT2D eigenvalue weighted by atomic mass is 16.5. The SMILES string of the molecule is CCOC1CCCN(Cc2ccc(CNCC(C)C)o2)C1. The monoisotopic (exact) mass is 294 g/mol. The Morgan fingerprint density at radius 2 is 2.19 bits per heavy atom. The van der Waals surface area contributed by atoms with Crippen molar-refractivity contribution >= 4 is 0 Å². The number of likely N-dealkylation sites (tertiary alicyclic amines) is 1. The molecule has 0 aromatic carbocycles. The molecule has 21 heavy (non-hydrogen) atoms. The number of furan rings is 1. The molecule has 1 N–H and O–H groups in total. The highest BCUT2D eigenvalue weighted by Crippen LogP contribution is 2.17. The molecule has 2 rings (SSSR count). The summed E-state index contributed by atoms with van der Waals surface area (Å²) in [7, 11) is 0. The third-order valence-corrected chi connectivity index (χ3v) is 3.81. The highest BCUT2D eigenvalue weighted by molar-refractivity contribution is 5.07. The van der Waals surface area contributed by atoms with Gasteiger partial charge in [0.05, 0.1) is 19.2 Å². The van der Waals surface area contributed by atoms with Crippen molar-refractivity contribution in [1.82, 2.24) is 10.2 Å². The molecule has 0 saturated carbocycles. The average molecular weight is 294 g/mol. The summed E-state index contributed by atoms with van der Waals surface area (Å²) in [4.78, 5) is 2.44. The van der Waals surface area contributed by atoms with Crippen LogP contribution in [0.3, 0.4) is 0 Å². The summed E-state index contributed by atoms with van der Waals surface area (Å²) in [5, 5.41) is 3.41. The number of piperidine rings is 1. The summed E-state index contributed by atoms with van der Waals surface area (Å²) >= 11 is 0. The van der Waals surface area contributed by atoms with Crippen LogP contribution in [0, 0.1) is 5.92 Å². The maximum Gasteiger partial charge on any atom is 0.118 e. The first-order valence-corrected chi connectivity index (χ1v) is 8.29. The van der Waals surface area contributed by atoms with Crippen LogP contribution in [0.5, 0.6) is 0 Å². The van der Waals surface area contributed by atoms with E-state index in [-0.39, 0.29) is 0 Å². The fourth-order valence-corrected chi connectivity index (χ4v) is 2.84. The quantitative estimate of drug-likeness (QED) is 0.800. The van der Waals surface area contributed by atoms with Gasteiger partial charge in [-0.15, -0.1) is 0 Å². The van der Waals surface area contributed by atoms with Gasteiger partial charge in [0.1, 0.15) is 11.5 Å². The third-order valence-electron chi connectivity index (χ3n) is 3.81. The highest BCUT2D eigenvalue weighted by Gasteiger charge is 2.20. The molecule has 0 radical (unpaired) electrons. The minimum Gasteiger partial charge on any atom is -0.463 e. The van der Waals surface area contributed by atoms with Crippen LogP contribution in [0.15, 0.2) is 16.5 Å². The summed E-state index contributed by atoms with van der Waals surface area (Å²) in [5.41, 5.74) is 0. The third kappa shape index (κ3) is 5.81. The van der Waals surface area contributed by atoms with Crippen molar-refractivity contribution in [2.45, 2.75) is 52.8 Å². The lowest BCUT2D eigenvalue weighted by atomic mass is 10.1. The molecule has 1 atom stereocenters. The lowest BCUT2D eigenvalue weighted by molar-refractivity contribution is 0.00193. The first-order valence-electron chi connectivity index (χ1n) is 8.29. The molecule has 0 aliphatic carbocycles. The second-order valence-corrected chi connectivity index (χ2v) is 6.35. The number of hydrogen-bond acceptors (Lipinski definition) is 4. The zero-order chi connectivity index (χ0) is 15.1. The van der Waals surface area contributed by atoms with Crippen LogP contribution >= 0.6 is 0 Å². The maximum absolute atomic E-state index is 5.92. The lowest BCUT2D eigenvalue weighted by Gasteiger charge is -2.31. The van der Waals surface area contributed by atoms with Gasteiger partial charge in [-0.05, 0) is 50.9 Å². The van der Waals surface area contributed by atoms with Crippen molar-refractivity contribution in [3.8, 4) is 0 Å². The Labute approximate surface area is 128 Å². The number of nitrogens with zero attached hydrogens (tertiary/aromatic N) is 1. The van der Waals surface area contributed by atoms with Crippen molar-refractivity contribution in [2.75, 3.05) is 26.2 Å². The van der Waals surface area contributed by atoms with E-state index in [1.54, 1.807) is 0 Å². The maximum atomic E-state index is 5.92. The van der Waals surface area contributed by atoms with E-state index >= 15 is 0 Å². The lowest BCUT2D eigenvalue weighted by Crippen LogP contribution is -2.39. The first-order chi connectivity index (χ1) is 10.2. The van der Waals surface area contributed by atoms with Gasteiger partial charge in [-0.3, -0.25) is 4.90 Å². The summed E-state index contributed by atoms with van der Waals surface area (Å²) in [6.45, 7) is 12.2. The molecular weight excluding hydrogens is 264 g/mol. The molecular formula is C17H30N2O2. The standard InChI is InChI=1S/C17H30N2O2/c1-4-20-16-6-5-9-19(12-16)13-17-8-7-15(21-17)11-18-10-14(2)3/h7-8,14,16,18H,4-6,9-13H2,1-3H3. The Hall–Kier alpha value is -0.840. The van der Waals surface area contributed by atoms with E-state index in [4.69, 9.17) is 9.15 Å². The van der Waals surface area contributed by atoms with Crippen LogP contribution in [0.2, 0.25) is 0 Å². The molecule has 120 valence electrons. The largest absolute Gasteiger partial charge is 0.463 e. The molecule has 1 aromatic rings. The van der Waals surface area contributed by atoms with Gasteiger partial charge < -0.3 is 14.5 Å². The van der Waals surface area contributed by atoms with Crippen molar-refractivity contribution in [1.29, 1.82) is 0 Å². The van der Waals surface area contributed by atoms with Gasteiger partial charge in [-0.25, -0.2) is 0 Å². The molecule has 2 heterocycles. The first kappa shape index (κ1) is 16.5. The van der Waals surface area contributed by atoms with Crippen molar-refractivity contribution in [3.05, 3.63) is 23.7 Å². The van der Waals surface area contributed by atoms with Crippen LogP contribution < -0.4 is 5.32 Å². The topological polar surface area (TPSA) is 37.6 Å². The van der Waals surface area contributed by atoms with Crippen LogP contribution in [0.4, 0.5) is 0 Å². The van der Waals surface area contributed by atoms with Gasteiger partial charge in [0.2, 0.25) is 0 Å². The van der Waals surface area contributed by atoms with E-state index in [1.807, 2.05) is 0 Å². The summed E-state index contributed by atoms with van der Waals surface area (Å²) in [6, 6.07) is 4.20. The van der Waals surface area contributed by atoms with Crippen LogP contribution in [0.1, 0.15) is 45.1 Å². The summed E-state index contributed by atoms with van der Waals surface area (Å²) in [6.07, 6.45) is 2.80. The van der Waals surface area contributed by atoms with Gasteiger partial charge >= 0.3 is 0 Å². The fraction of sp³-hybridized carbons (Fsp3) is 0.765. The Morgan fingerprint density at radius 3 is 2.95 bits per heavy atom. The minimum atomic E-state index is 0.394. The second kappa shape index (κ2) is 8.57. The van der Waals surface area contributed by atoms with E-state index in [1.165, 1.54) is 12.8 Å². The number of nitrogens with one attached hydrogen (secondary N) is 1. The van der Waals surface area contributed by atoms with Crippen molar-refractivity contribution < 1.29 is 9.15 Å². The zero-order valence-corrected chi connectivity index (χ0v) is 13.7. The van der Waals surface area contributed by atoms with Crippen LogP contribution in [0.25, 0.3) is 0 Å². The van der Waals surface area contributed by atoms with Crippen LogP contribution in [-0.2, 0) is 17.8 Å². The Morgan fingerprint density at radius 1 is 1.38 bits per heavy atom. The molecule has 1 saturated heterocycles. The number of ether oxygens (including phenoxy) is 1. The van der Waals surface area contributed by atoms with Crippen LogP contribution in [-0.4, -0.2) is 37.2 Å². The number of rotatable bonds is 8. The smallest absolute Gasteiger partial charge is 0.118 e. The van der Waals surface area contributed by atoms with E-state index < -0.39 is 0 Å². The predicted molar refractivity (Wildman–Crippen MR) is 85.2 cm³/mol. The van der Waals surface area contributed by atoms with Gasteiger partial charge in [-0.1, -0.05) is 13.8 Å². The van der Waals surface area contributed by atoms with E-state index in [9.17, 15) is 0 Å². The van der Waals surface area contributed by atoms with Gasteiger partial charge in [-0.2, -0.15) is 0 Å². The molecule has 1 aliphatic heterocycles. The molecule has 4 nitrogen and oxygen atoms in total. The summed E-state index contributed by atoms with van der Waals surface area (Å²) < 4.78 is 11.7. The molecule has 0 amide bonds. The Kier molecular flexibility index (Phi) is 6.74. The van der Waals surface area contributed by atoms with Crippen molar-refractivity contribution in [2.24, 2.45) is 5.92 Å². The number of hydrogen-bond donors (Lipinski definition) is 1. The van der Waals surface area contributed by atoms with Gasteiger partial charge in [0, 0.05) is 13.2 Å². The molecule has 4 heteroatoms. The normalized spacial score (nSPS) is 20.3. The molecule has 0 bridgehead atoms. The van der Waals surface area contributed by atoms with Gasteiger partial charge in [0.25, 0.3) is 0 Å². The molecule has 1 fully saturated rings. The predicted octanol–water partition coefficient (Wildman–Crippen LogP) is 3.03. The Bertz CT molecular complexity index is 401. The average Bonchev–Trinajstić information content (AvgIpc) is 2.87. The summed E-state index contributed by atoms with van der Waals surface area (Å²) in [5.74, 6) is 2.76.